The quantitative estimate of drug-likeness (QED) is 0.580. The lowest BCUT2D eigenvalue weighted by molar-refractivity contribution is 0.0943. The van der Waals surface area contributed by atoms with Gasteiger partial charge in [-0.2, -0.15) is 9.78 Å². The van der Waals surface area contributed by atoms with Gasteiger partial charge in [-0.15, -0.1) is 5.10 Å². The minimum atomic E-state index is -0.184. The molecule has 5 rings (SSSR count). The highest BCUT2D eigenvalue weighted by Gasteiger charge is 2.24. The van der Waals surface area contributed by atoms with E-state index < -0.39 is 0 Å². The highest BCUT2D eigenvalue weighted by atomic mass is 16.2. The molecule has 0 atom stereocenters. The molecule has 146 valence electrons. The Labute approximate surface area is 167 Å². The van der Waals surface area contributed by atoms with Crippen LogP contribution in [0, 0.1) is 0 Å². The number of benzene rings is 2. The third kappa shape index (κ3) is 3.06. The Morgan fingerprint density at radius 3 is 2.86 bits per heavy atom. The number of hydrogen-bond donors (Lipinski definition) is 1. The number of hydrogen-bond acceptors (Lipinski definition) is 5. The van der Waals surface area contributed by atoms with Gasteiger partial charge in [0.25, 0.3) is 5.91 Å². The number of aromatic nitrogens is 6. The van der Waals surface area contributed by atoms with Crippen LogP contribution in [0.4, 0.5) is 0 Å². The molecule has 0 radical (unpaired) electrons. The molecule has 1 aliphatic carbocycles. The maximum Gasteiger partial charge on any atom is 0.272 e. The van der Waals surface area contributed by atoms with Gasteiger partial charge in [-0.05, 0) is 47.6 Å². The maximum absolute atomic E-state index is 12.8. The molecule has 1 amide bonds. The van der Waals surface area contributed by atoms with E-state index in [0.717, 1.165) is 47.7 Å². The molecule has 2 aromatic carbocycles. The molecule has 2 heterocycles. The van der Waals surface area contributed by atoms with E-state index in [0.29, 0.717) is 11.5 Å². The van der Waals surface area contributed by atoms with E-state index in [1.165, 1.54) is 5.69 Å². The number of amides is 1. The molecule has 0 unspecified atom stereocenters. The van der Waals surface area contributed by atoms with Crippen molar-refractivity contribution in [3.05, 3.63) is 65.2 Å². The first-order chi connectivity index (χ1) is 14.2. The van der Waals surface area contributed by atoms with Crippen molar-refractivity contribution in [2.75, 3.05) is 0 Å². The van der Waals surface area contributed by atoms with Gasteiger partial charge >= 0.3 is 0 Å². The van der Waals surface area contributed by atoms with Crippen LogP contribution >= 0.6 is 0 Å². The molecule has 0 saturated heterocycles. The minimum Gasteiger partial charge on any atom is -0.343 e. The van der Waals surface area contributed by atoms with Crippen molar-refractivity contribution in [1.29, 1.82) is 0 Å². The number of nitrogens with zero attached hydrogens (tertiary/aromatic N) is 6. The fourth-order valence-electron chi connectivity index (χ4n) is 4.09. The zero-order valence-corrected chi connectivity index (χ0v) is 16.2. The van der Waals surface area contributed by atoms with Gasteiger partial charge in [0.1, 0.15) is 0 Å². The molecule has 0 spiro atoms. The highest BCUT2D eigenvalue weighted by molar-refractivity contribution is 5.94. The van der Waals surface area contributed by atoms with Gasteiger partial charge in [0.2, 0.25) is 0 Å². The fraction of sp³-hybridized carbons (Fsp3) is 0.286. The summed E-state index contributed by atoms with van der Waals surface area (Å²) in [6, 6.07) is 14.1. The SMILES string of the molecule is Cn1nc(C(=O)NCc2nnnn2-c2cccc3ccccc23)c2c1CCCC2. The Morgan fingerprint density at radius 1 is 1.10 bits per heavy atom. The average Bonchev–Trinajstić information content (AvgIpc) is 3.36. The maximum atomic E-state index is 12.8. The largest absolute Gasteiger partial charge is 0.343 e. The van der Waals surface area contributed by atoms with Crippen molar-refractivity contribution >= 4 is 16.7 Å². The monoisotopic (exact) mass is 387 g/mol. The van der Waals surface area contributed by atoms with E-state index in [-0.39, 0.29) is 12.5 Å². The van der Waals surface area contributed by atoms with E-state index in [1.807, 2.05) is 42.1 Å². The molecule has 4 aromatic rings. The summed E-state index contributed by atoms with van der Waals surface area (Å²) in [7, 11) is 1.90. The topological polar surface area (TPSA) is 90.5 Å². The third-order valence-corrected chi connectivity index (χ3v) is 5.52. The van der Waals surface area contributed by atoms with Crippen LogP contribution in [0.2, 0.25) is 0 Å². The number of carbonyl (C=O) groups is 1. The summed E-state index contributed by atoms with van der Waals surface area (Å²) < 4.78 is 3.51. The smallest absolute Gasteiger partial charge is 0.272 e. The summed E-state index contributed by atoms with van der Waals surface area (Å²) in [5.74, 6) is 0.385. The zero-order chi connectivity index (χ0) is 19.8. The van der Waals surface area contributed by atoms with Crippen molar-refractivity contribution < 1.29 is 4.79 Å². The summed E-state index contributed by atoms with van der Waals surface area (Å²) in [6.45, 7) is 0.223. The number of rotatable bonds is 4. The molecule has 0 aliphatic heterocycles. The molecule has 0 saturated carbocycles. The first-order valence-electron chi connectivity index (χ1n) is 9.80. The molecular weight excluding hydrogens is 366 g/mol. The van der Waals surface area contributed by atoms with Gasteiger partial charge in [0.05, 0.1) is 12.2 Å². The van der Waals surface area contributed by atoms with Gasteiger partial charge < -0.3 is 5.32 Å². The van der Waals surface area contributed by atoms with Crippen LogP contribution in [-0.2, 0) is 26.4 Å². The first-order valence-corrected chi connectivity index (χ1v) is 9.80. The van der Waals surface area contributed by atoms with Crippen molar-refractivity contribution in [2.45, 2.75) is 32.2 Å². The predicted octanol–water partition coefficient (Wildman–Crippen LogP) is 2.36. The fourth-order valence-corrected chi connectivity index (χ4v) is 4.09. The summed E-state index contributed by atoms with van der Waals surface area (Å²) in [5.41, 5.74) is 3.64. The molecule has 29 heavy (non-hydrogen) atoms. The number of nitrogens with one attached hydrogen (secondary N) is 1. The standard InChI is InChI=1S/C21H21N7O/c1-27-17-11-5-4-10-16(17)20(24-27)21(29)22-13-19-23-25-26-28(19)18-12-6-8-14-7-2-3-9-15(14)18/h2-3,6-9,12H,4-5,10-11,13H2,1H3,(H,22,29). The summed E-state index contributed by atoms with van der Waals surface area (Å²) in [4.78, 5) is 12.8. The normalized spacial score (nSPS) is 13.4. The molecule has 8 nitrogen and oxygen atoms in total. The molecule has 0 bridgehead atoms. The Bertz CT molecular complexity index is 1200. The van der Waals surface area contributed by atoms with Crippen molar-refractivity contribution in [3.63, 3.8) is 0 Å². The van der Waals surface area contributed by atoms with Crippen LogP contribution in [0.15, 0.2) is 42.5 Å². The molecule has 0 fully saturated rings. The van der Waals surface area contributed by atoms with Crippen LogP contribution < -0.4 is 5.32 Å². The lowest BCUT2D eigenvalue weighted by Gasteiger charge is -2.12. The van der Waals surface area contributed by atoms with E-state index in [1.54, 1.807) is 4.68 Å². The van der Waals surface area contributed by atoms with Gasteiger partial charge in [-0.1, -0.05) is 36.4 Å². The van der Waals surface area contributed by atoms with Crippen molar-refractivity contribution in [2.24, 2.45) is 7.05 Å². The van der Waals surface area contributed by atoms with Crippen LogP contribution in [0.1, 0.15) is 40.4 Å². The third-order valence-electron chi connectivity index (χ3n) is 5.52. The highest BCUT2D eigenvalue weighted by Crippen LogP contribution is 2.24. The van der Waals surface area contributed by atoms with Crippen LogP contribution in [0.3, 0.4) is 0 Å². The lowest BCUT2D eigenvalue weighted by atomic mass is 9.95. The number of aryl methyl sites for hydroxylation is 1. The molecular formula is C21H21N7O. The summed E-state index contributed by atoms with van der Waals surface area (Å²) >= 11 is 0. The Balaban J connectivity index is 1.41. The number of carbonyl (C=O) groups excluding carboxylic acids is 1. The van der Waals surface area contributed by atoms with E-state index in [2.05, 4.69) is 38.1 Å². The van der Waals surface area contributed by atoms with Crippen molar-refractivity contribution in [1.82, 2.24) is 35.3 Å². The Hall–Kier alpha value is -3.55. The number of tetrazole rings is 1. The summed E-state index contributed by atoms with van der Waals surface area (Å²) in [6.07, 6.45) is 4.12. The van der Waals surface area contributed by atoms with Gasteiger partial charge in [0, 0.05) is 23.7 Å². The van der Waals surface area contributed by atoms with E-state index >= 15 is 0 Å². The van der Waals surface area contributed by atoms with E-state index in [4.69, 9.17) is 0 Å². The second-order valence-electron chi connectivity index (χ2n) is 7.29. The predicted molar refractivity (Wildman–Crippen MR) is 108 cm³/mol. The van der Waals surface area contributed by atoms with Crippen LogP contribution in [0.25, 0.3) is 16.5 Å². The Kier molecular flexibility index (Phi) is 4.31. The molecule has 1 aliphatic rings. The van der Waals surface area contributed by atoms with E-state index in [9.17, 15) is 4.79 Å². The molecule has 8 heteroatoms. The van der Waals surface area contributed by atoms with Gasteiger partial charge in [-0.25, -0.2) is 0 Å². The zero-order valence-electron chi connectivity index (χ0n) is 16.2. The average molecular weight is 387 g/mol. The van der Waals surface area contributed by atoms with Gasteiger partial charge in [-0.3, -0.25) is 9.48 Å². The number of fused-ring (bicyclic) bond motifs is 2. The summed E-state index contributed by atoms with van der Waals surface area (Å²) in [5, 5.41) is 21.6. The molecule has 2 aromatic heterocycles. The molecule has 1 N–H and O–H groups in total. The second-order valence-corrected chi connectivity index (χ2v) is 7.29. The second kappa shape index (κ2) is 7.12. The minimum absolute atomic E-state index is 0.184. The lowest BCUT2D eigenvalue weighted by Crippen LogP contribution is -2.26. The van der Waals surface area contributed by atoms with Crippen LogP contribution in [0.5, 0.6) is 0 Å². The Morgan fingerprint density at radius 2 is 1.93 bits per heavy atom. The van der Waals surface area contributed by atoms with Gasteiger partial charge in [0.15, 0.2) is 11.5 Å². The van der Waals surface area contributed by atoms with Crippen molar-refractivity contribution in [3.8, 4) is 5.69 Å². The first kappa shape index (κ1) is 17.5. The van der Waals surface area contributed by atoms with Crippen LogP contribution in [-0.4, -0.2) is 35.9 Å².